The van der Waals surface area contributed by atoms with Crippen molar-refractivity contribution in [2.24, 2.45) is 0 Å². The van der Waals surface area contributed by atoms with Crippen LogP contribution in [0.5, 0.6) is 5.75 Å². The van der Waals surface area contributed by atoms with E-state index >= 15 is 0 Å². The number of benzene rings is 1. The molecule has 2 N–H and O–H groups in total. The van der Waals surface area contributed by atoms with Crippen LogP contribution >= 0.6 is 11.6 Å². The zero-order chi connectivity index (χ0) is 12.7. The molecule has 0 unspecified atom stereocenters. The molecule has 1 aliphatic rings. The van der Waals surface area contributed by atoms with Crippen LogP contribution in [-0.4, -0.2) is 27.9 Å². The molecule has 0 saturated carbocycles. The highest BCUT2D eigenvalue weighted by Crippen LogP contribution is 2.39. The third-order valence-corrected chi connectivity index (χ3v) is 3.21. The molecule has 0 bridgehead atoms. The van der Waals surface area contributed by atoms with Gasteiger partial charge < -0.3 is 9.84 Å². The lowest BCUT2D eigenvalue weighted by Crippen LogP contribution is -1.95. The quantitative estimate of drug-likeness (QED) is 0.873. The van der Waals surface area contributed by atoms with E-state index in [1.807, 2.05) is 6.07 Å². The fraction of sp³-hybridized carbons (Fsp3) is 0.167. The standard InChI is InChI=1S/C12H9ClN2O3/c13-7-1-2-10-6(3-4-18-10)11(7)8-5-9(12(16)17)15-14-8/h1-2,5H,3-4H2,(H,14,15)(H,16,17). The van der Waals surface area contributed by atoms with Crippen LogP contribution in [0.3, 0.4) is 0 Å². The third-order valence-electron chi connectivity index (χ3n) is 2.89. The Hall–Kier alpha value is -2.01. The lowest BCUT2D eigenvalue weighted by molar-refractivity contribution is 0.0690. The van der Waals surface area contributed by atoms with E-state index in [1.54, 1.807) is 6.07 Å². The number of carboxylic acid groups (broad SMARTS) is 1. The normalized spacial score (nSPS) is 13.2. The molecule has 2 heterocycles. The summed E-state index contributed by atoms with van der Waals surface area (Å²) < 4.78 is 5.46. The van der Waals surface area contributed by atoms with Gasteiger partial charge in [-0.05, 0) is 18.2 Å². The number of carboxylic acids is 1. The second-order valence-corrected chi connectivity index (χ2v) is 4.38. The van der Waals surface area contributed by atoms with Gasteiger partial charge in [0, 0.05) is 17.5 Å². The minimum atomic E-state index is -1.05. The monoisotopic (exact) mass is 264 g/mol. The van der Waals surface area contributed by atoms with Gasteiger partial charge in [-0.1, -0.05) is 11.6 Å². The number of aromatic amines is 1. The first-order chi connectivity index (χ1) is 8.66. The fourth-order valence-electron chi connectivity index (χ4n) is 2.08. The van der Waals surface area contributed by atoms with E-state index in [0.29, 0.717) is 17.3 Å². The van der Waals surface area contributed by atoms with Gasteiger partial charge in [-0.25, -0.2) is 4.79 Å². The number of rotatable bonds is 2. The Bertz CT molecular complexity index is 636. The highest BCUT2D eigenvalue weighted by Gasteiger charge is 2.22. The van der Waals surface area contributed by atoms with Gasteiger partial charge in [0.05, 0.1) is 17.3 Å². The van der Waals surface area contributed by atoms with E-state index in [1.165, 1.54) is 6.07 Å². The summed E-state index contributed by atoms with van der Waals surface area (Å²) in [5, 5.41) is 15.9. The SMILES string of the molecule is O=C(O)c1cc(-c2c(Cl)ccc3c2CCO3)n[nH]1. The predicted molar refractivity (Wildman–Crippen MR) is 65.2 cm³/mol. The molecule has 0 fully saturated rings. The summed E-state index contributed by atoms with van der Waals surface area (Å²) >= 11 is 6.17. The Labute approximate surface area is 107 Å². The van der Waals surface area contributed by atoms with Gasteiger partial charge in [0.1, 0.15) is 11.4 Å². The van der Waals surface area contributed by atoms with Crippen molar-refractivity contribution in [2.45, 2.75) is 6.42 Å². The number of fused-ring (bicyclic) bond motifs is 1. The molecule has 0 spiro atoms. The predicted octanol–water partition coefficient (Wildman–Crippen LogP) is 2.36. The number of carbonyl (C=O) groups is 1. The van der Waals surface area contributed by atoms with Crippen molar-refractivity contribution in [2.75, 3.05) is 6.61 Å². The Kier molecular flexibility index (Phi) is 2.48. The minimum Gasteiger partial charge on any atom is -0.493 e. The van der Waals surface area contributed by atoms with Crippen LogP contribution in [0.2, 0.25) is 5.02 Å². The van der Waals surface area contributed by atoms with Crippen LogP contribution in [-0.2, 0) is 6.42 Å². The fourth-order valence-corrected chi connectivity index (χ4v) is 2.36. The lowest BCUT2D eigenvalue weighted by Gasteiger charge is -2.06. The number of nitrogens with one attached hydrogen (secondary N) is 1. The molecule has 6 heteroatoms. The summed E-state index contributed by atoms with van der Waals surface area (Å²) in [5.41, 5.74) is 2.29. The molecular formula is C12H9ClN2O3. The van der Waals surface area contributed by atoms with Crippen molar-refractivity contribution in [3.8, 4) is 17.0 Å². The van der Waals surface area contributed by atoms with Crippen LogP contribution in [0.1, 0.15) is 16.1 Å². The molecule has 0 aliphatic carbocycles. The zero-order valence-electron chi connectivity index (χ0n) is 9.24. The molecule has 1 aliphatic heterocycles. The Morgan fingerprint density at radius 3 is 3.06 bits per heavy atom. The average molecular weight is 265 g/mol. The summed E-state index contributed by atoms with van der Waals surface area (Å²) in [7, 11) is 0. The van der Waals surface area contributed by atoms with Crippen molar-refractivity contribution in [3.63, 3.8) is 0 Å². The Balaban J connectivity index is 2.16. The average Bonchev–Trinajstić information content (AvgIpc) is 2.95. The molecule has 1 aromatic carbocycles. The van der Waals surface area contributed by atoms with Gasteiger partial charge in [0.15, 0.2) is 0 Å². The van der Waals surface area contributed by atoms with Crippen LogP contribution < -0.4 is 4.74 Å². The lowest BCUT2D eigenvalue weighted by atomic mass is 10.0. The van der Waals surface area contributed by atoms with E-state index in [2.05, 4.69) is 10.2 Å². The van der Waals surface area contributed by atoms with Gasteiger partial charge in [0.2, 0.25) is 0 Å². The minimum absolute atomic E-state index is 0.0394. The van der Waals surface area contributed by atoms with Crippen molar-refractivity contribution >= 4 is 17.6 Å². The molecule has 1 aromatic heterocycles. The largest absolute Gasteiger partial charge is 0.493 e. The summed E-state index contributed by atoms with van der Waals surface area (Å²) in [5.74, 6) is -0.261. The highest BCUT2D eigenvalue weighted by atomic mass is 35.5. The molecule has 0 saturated heterocycles. The molecule has 5 nitrogen and oxygen atoms in total. The zero-order valence-corrected chi connectivity index (χ0v) is 9.99. The molecule has 92 valence electrons. The van der Waals surface area contributed by atoms with Gasteiger partial charge in [-0.3, -0.25) is 5.10 Å². The van der Waals surface area contributed by atoms with Crippen LogP contribution in [0, 0.1) is 0 Å². The summed E-state index contributed by atoms with van der Waals surface area (Å²) in [4.78, 5) is 10.8. The summed E-state index contributed by atoms with van der Waals surface area (Å²) in [6.07, 6.45) is 0.750. The number of aromatic carboxylic acids is 1. The maximum atomic E-state index is 10.8. The van der Waals surface area contributed by atoms with Gasteiger partial charge >= 0.3 is 5.97 Å². The highest BCUT2D eigenvalue weighted by molar-refractivity contribution is 6.33. The van der Waals surface area contributed by atoms with Crippen molar-refractivity contribution in [1.82, 2.24) is 10.2 Å². The van der Waals surface area contributed by atoms with E-state index in [0.717, 1.165) is 23.3 Å². The first-order valence-electron chi connectivity index (χ1n) is 5.40. The second-order valence-electron chi connectivity index (χ2n) is 3.97. The Morgan fingerprint density at radius 2 is 2.33 bits per heavy atom. The first kappa shape index (κ1) is 11.1. The molecule has 3 rings (SSSR count). The molecule has 0 radical (unpaired) electrons. The van der Waals surface area contributed by atoms with Crippen LogP contribution in [0.15, 0.2) is 18.2 Å². The number of H-pyrrole nitrogens is 1. The number of ether oxygens (including phenoxy) is 1. The maximum absolute atomic E-state index is 10.8. The van der Waals surface area contributed by atoms with Crippen molar-refractivity contribution < 1.29 is 14.6 Å². The van der Waals surface area contributed by atoms with Crippen molar-refractivity contribution in [3.05, 3.63) is 34.5 Å². The van der Waals surface area contributed by atoms with Crippen LogP contribution in [0.25, 0.3) is 11.3 Å². The smallest absolute Gasteiger partial charge is 0.353 e. The van der Waals surface area contributed by atoms with Crippen molar-refractivity contribution in [1.29, 1.82) is 0 Å². The molecular weight excluding hydrogens is 256 g/mol. The van der Waals surface area contributed by atoms with E-state index < -0.39 is 5.97 Å². The molecule has 2 aromatic rings. The van der Waals surface area contributed by atoms with Gasteiger partial charge in [0.25, 0.3) is 0 Å². The Morgan fingerprint density at radius 1 is 1.50 bits per heavy atom. The van der Waals surface area contributed by atoms with E-state index in [-0.39, 0.29) is 5.69 Å². The maximum Gasteiger partial charge on any atom is 0.353 e. The van der Waals surface area contributed by atoms with Gasteiger partial charge in [-0.2, -0.15) is 5.10 Å². The number of hydrogen-bond donors (Lipinski definition) is 2. The first-order valence-corrected chi connectivity index (χ1v) is 5.78. The molecule has 0 atom stereocenters. The topological polar surface area (TPSA) is 75.2 Å². The third kappa shape index (κ3) is 1.64. The van der Waals surface area contributed by atoms with E-state index in [4.69, 9.17) is 21.4 Å². The van der Waals surface area contributed by atoms with Crippen LogP contribution in [0.4, 0.5) is 0 Å². The van der Waals surface area contributed by atoms with E-state index in [9.17, 15) is 4.79 Å². The molecule has 18 heavy (non-hydrogen) atoms. The summed E-state index contributed by atoms with van der Waals surface area (Å²) in [6.45, 7) is 0.610. The number of hydrogen-bond acceptors (Lipinski definition) is 3. The number of aromatic nitrogens is 2. The molecule has 0 amide bonds. The number of halogens is 1. The second kappa shape index (κ2) is 4.03. The number of nitrogens with zero attached hydrogens (tertiary/aromatic N) is 1. The summed E-state index contributed by atoms with van der Waals surface area (Å²) in [6, 6.07) is 5.03. The van der Waals surface area contributed by atoms with Gasteiger partial charge in [-0.15, -0.1) is 0 Å².